The van der Waals surface area contributed by atoms with Crippen molar-refractivity contribution in [1.82, 2.24) is 4.98 Å². The van der Waals surface area contributed by atoms with Crippen LogP contribution in [0.4, 0.5) is 9.52 Å². The van der Waals surface area contributed by atoms with Gasteiger partial charge in [-0.1, -0.05) is 42.0 Å². The van der Waals surface area contributed by atoms with Crippen LogP contribution >= 0.6 is 11.3 Å². The molecule has 5 nitrogen and oxygen atoms in total. The second-order valence-corrected chi connectivity index (χ2v) is 6.78. The summed E-state index contributed by atoms with van der Waals surface area (Å²) < 4.78 is 18.0. The Labute approximate surface area is 159 Å². The van der Waals surface area contributed by atoms with Gasteiger partial charge in [-0.05, 0) is 24.6 Å². The second-order valence-electron chi connectivity index (χ2n) is 5.92. The van der Waals surface area contributed by atoms with E-state index in [2.05, 4.69) is 10.3 Å². The van der Waals surface area contributed by atoms with Gasteiger partial charge >= 0.3 is 5.97 Å². The van der Waals surface area contributed by atoms with Crippen LogP contribution < -0.4 is 5.32 Å². The standard InChI is InChI=1S/C20H17FN2O3S/c1-13-5-7-15(8-6-13)17-12-27-20(22-17)23-18(24)11-26-19(25)10-14-3-2-4-16(21)9-14/h2-9,12H,10-11H2,1H3,(H,22,23,24). The number of thiazole rings is 1. The predicted octanol–water partition coefficient (Wildman–Crippen LogP) is 3.98. The number of nitrogens with one attached hydrogen (secondary N) is 1. The summed E-state index contributed by atoms with van der Waals surface area (Å²) in [6.07, 6.45) is -0.0974. The highest BCUT2D eigenvalue weighted by atomic mass is 32.1. The SMILES string of the molecule is Cc1ccc(-c2csc(NC(=O)COC(=O)Cc3cccc(F)c3)n2)cc1. The zero-order chi connectivity index (χ0) is 19.2. The van der Waals surface area contributed by atoms with Gasteiger partial charge in [0.2, 0.25) is 0 Å². The first-order valence-electron chi connectivity index (χ1n) is 8.22. The number of carbonyl (C=O) groups excluding carboxylic acids is 2. The third-order valence-corrected chi connectivity index (χ3v) is 4.46. The average Bonchev–Trinajstić information content (AvgIpc) is 3.09. The highest BCUT2D eigenvalue weighted by molar-refractivity contribution is 7.14. The van der Waals surface area contributed by atoms with Gasteiger partial charge in [-0.2, -0.15) is 0 Å². The van der Waals surface area contributed by atoms with Crippen LogP contribution in [0.1, 0.15) is 11.1 Å². The highest BCUT2D eigenvalue weighted by Gasteiger charge is 2.11. The van der Waals surface area contributed by atoms with Crippen molar-refractivity contribution >= 4 is 28.3 Å². The Bertz CT molecular complexity index is 954. The molecular weight excluding hydrogens is 367 g/mol. The first kappa shape index (κ1) is 18.7. The number of rotatable bonds is 6. The monoisotopic (exact) mass is 384 g/mol. The van der Waals surface area contributed by atoms with Crippen molar-refractivity contribution in [3.8, 4) is 11.3 Å². The summed E-state index contributed by atoms with van der Waals surface area (Å²) in [6, 6.07) is 13.6. The number of carbonyl (C=O) groups is 2. The third kappa shape index (κ3) is 5.46. The molecule has 0 aliphatic rings. The molecule has 0 aliphatic carbocycles. The maximum atomic E-state index is 13.1. The van der Waals surface area contributed by atoms with Crippen LogP contribution in [-0.2, 0) is 20.7 Å². The number of aromatic nitrogens is 1. The Morgan fingerprint density at radius 3 is 2.70 bits per heavy atom. The summed E-state index contributed by atoms with van der Waals surface area (Å²) in [5.74, 6) is -1.51. The van der Waals surface area contributed by atoms with Gasteiger partial charge in [0, 0.05) is 10.9 Å². The highest BCUT2D eigenvalue weighted by Crippen LogP contribution is 2.25. The molecule has 1 heterocycles. The first-order chi connectivity index (χ1) is 13.0. The summed E-state index contributed by atoms with van der Waals surface area (Å²) in [7, 11) is 0. The molecule has 3 aromatic rings. The molecule has 138 valence electrons. The molecule has 1 N–H and O–H groups in total. The van der Waals surface area contributed by atoms with Crippen molar-refractivity contribution in [3.05, 3.63) is 70.9 Å². The summed E-state index contributed by atoms with van der Waals surface area (Å²) >= 11 is 1.29. The van der Waals surface area contributed by atoms with E-state index in [-0.39, 0.29) is 6.42 Å². The van der Waals surface area contributed by atoms with Crippen LogP contribution in [0.15, 0.2) is 53.9 Å². The van der Waals surface area contributed by atoms with Gasteiger partial charge in [-0.25, -0.2) is 9.37 Å². The summed E-state index contributed by atoms with van der Waals surface area (Å²) in [5.41, 5.74) is 3.36. The molecule has 0 fully saturated rings. The molecule has 3 rings (SSSR count). The van der Waals surface area contributed by atoms with Gasteiger partial charge in [0.05, 0.1) is 12.1 Å². The molecular formula is C20H17FN2O3S. The zero-order valence-electron chi connectivity index (χ0n) is 14.6. The lowest BCUT2D eigenvalue weighted by molar-refractivity contribution is -0.146. The fourth-order valence-electron chi connectivity index (χ4n) is 2.35. The maximum absolute atomic E-state index is 13.1. The molecule has 0 atom stereocenters. The van der Waals surface area contributed by atoms with E-state index in [1.807, 2.05) is 36.6 Å². The van der Waals surface area contributed by atoms with Crippen LogP contribution in [0.3, 0.4) is 0 Å². The lowest BCUT2D eigenvalue weighted by Gasteiger charge is -2.05. The fourth-order valence-corrected chi connectivity index (χ4v) is 3.09. The van der Waals surface area contributed by atoms with E-state index in [0.29, 0.717) is 10.7 Å². The van der Waals surface area contributed by atoms with Gasteiger partial charge in [0.25, 0.3) is 5.91 Å². The smallest absolute Gasteiger partial charge is 0.310 e. The number of hydrogen-bond acceptors (Lipinski definition) is 5. The molecule has 0 radical (unpaired) electrons. The van der Waals surface area contributed by atoms with E-state index in [0.717, 1.165) is 16.8 Å². The number of amides is 1. The lowest BCUT2D eigenvalue weighted by Crippen LogP contribution is -2.21. The number of hydrogen-bond donors (Lipinski definition) is 1. The van der Waals surface area contributed by atoms with E-state index in [4.69, 9.17) is 4.74 Å². The van der Waals surface area contributed by atoms with Crippen molar-refractivity contribution in [2.24, 2.45) is 0 Å². The minimum Gasteiger partial charge on any atom is -0.455 e. The van der Waals surface area contributed by atoms with Crippen LogP contribution in [0.2, 0.25) is 0 Å². The molecule has 0 saturated carbocycles. The Balaban J connectivity index is 1.49. The number of anilines is 1. The Kier molecular flexibility index (Phi) is 5.93. The van der Waals surface area contributed by atoms with E-state index in [9.17, 15) is 14.0 Å². The molecule has 0 unspecified atom stereocenters. The Morgan fingerprint density at radius 1 is 1.19 bits per heavy atom. The van der Waals surface area contributed by atoms with Crippen molar-refractivity contribution in [1.29, 1.82) is 0 Å². The van der Waals surface area contributed by atoms with E-state index in [1.54, 1.807) is 6.07 Å². The molecule has 1 aromatic heterocycles. The molecule has 2 aromatic carbocycles. The maximum Gasteiger partial charge on any atom is 0.310 e. The molecule has 0 spiro atoms. The van der Waals surface area contributed by atoms with Crippen molar-refractivity contribution in [2.75, 3.05) is 11.9 Å². The van der Waals surface area contributed by atoms with Gasteiger partial charge in [0.15, 0.2) is 11.7 Å². The largest absolute Gasteiger partial charge is 0.455 e. The minimum atomic E-state index is -0.602. The number of nitrogens with zero attached hydrogens (tertiary/aromatic N) is 1. The molecule has 1 amide bonds. The first-order valence-corrected chi connectivity index (χ1v) is 9.10. The summed E-state index contributed by atoms with van der Waals surface area (Å²) in [4.78, 5) is 28.1. The van der Waals surface area contributed by atoms with Crippen molar-refractivity contribution in [2.45, 2.75) is 13.3 Å². The van der Waals surface area contributed by atoms with E-state index in [1.165, 1.54) is 29.5 Å². The third-order valence-electron chi connectivity index (χ3n) is 3.70. The predicted molar refractivity (Wildman–Crippen MR) is 102 cm³/mol. The topological polar surface area (TPSA) is 68.3 Å². The number of benzene rings is 2. The van der Waals surface area contributed by atoms with Crippen LogP contribution in [0, 0.1) is 12.7 Å². The van der Waals surface area contributed by atoms with Gasteiger partial charge in [-0.3, -0.25) is 14.9 Å². The van der Waals surface area contributed by atoms with Crippen molar-refractivity contribution < 1.29 is 18.7 Å². The van der Waals surface area contributed by atoms with E-state index >= 15 is 0 Å². The van der Waals surface area contributed by atoms with E-state index < -0.39 is 24.3 Å². The van der Waals surface area contributed by atoms with Crippen molar-refractivity contribution in [3.63, 3.8) is 0 Å². The second kappa shape index (κ2) is 8.55. The summed E-state index contributed by atoms with van der Waals surface area (Å²) in [6.45, 7) is 1.58. The number of halogens is 1. The molecule has 0 aliphatic heterocycles. The molecule has 27 heavy (non-hydrogen) atoms. The van der Waals surface area contributed by atoms with Crippen LogP contribution in [0.5, 0.6) is 0 Å². The summed E-state index contributed by atoms with van der Waals surface area (Å²) in [5, 5.41) is 4.87. The van der Waals surface area contributed by atoms with Gasteiger partial charge in [0.1, 0.15) is 5.82 Å². The lowest BCUT2D eigenvalue weighted by atomic mass is 10.1. The Hall–Kier alpha value is -3.06. The Morgan fingerprint density at radius 2 is 1.96 bits per heavy atom. The number of aryl methyl sites for hydroxylation is 1. The zero-order valence-corrected chi connectivity index (χ0v) is 15.4. The molecule has 0 saturated heterocycles. The number of esters is 1. The van der Waals surface area contributed by atoms with Crippen LogP contribution in [-0.4, -0.2) is 23.5 Å². The van der Waals surface area contributed by atoms with Crippen LogP contribution in [0.25, 0.3) is 11.3 Å². The number of ether oxygens (including phenoxy) is 1. The fraction of sp³-hybridized carbons (Fsp3) is 0.150. The van der Waals surface area contributed by atoms with Gasteiger partial charge in [-0.15, -0.1) is 11.3 Å². The molecule has 0 bridgehead atoms. The molecule has 7 heteroatoms. The minimum absolute atomic E-state index is 0.0974. The van der Waals surface area contributed by atoms with Gasteiger partial charge < -0.3 is 4.74 Å². The normalized spacial score (nSPS) is 10.4. The quantitative estimate of drug-likeness (QED) is 0.653. The average molecular weight is 384 g/mol.